The molecule has 4 heteroatoms. The van der Waals surface area contributed by atoms with Gasteiger partial charge in [0.2, 0.25) is 0 Å². The lowest BCUT2D eigenvalue weighted by atomic mass is 9.80. The van der Waals surface area contributed by atoms with Gasteiger partial charge in [0.05, 0.1) is 11.2 Å². The van der Waals surface area contributed by atoms with Crippen LogP contribution in [0, 0.1) is 5.92 Å². The lowest BCUT2D eigenvalue weighted by Gasteiger charge is -2.37. The quantitative estimate of drug-likeness (QED) is 0.753. The molecule has 3 unspecified atom stereocenters. The van der Waals surface area contributed by atoms with Crippen LogP contribution < -0.4 is 0 Å². The second-order valence-corrected chi connectivity index (χ2v) is 5.05. The standard InChI is InChI=1S/C10H14N2OS/c13-10(9-6-14-7-11-9)2-4-12-3-1-8(10)5-12/h6-8,13H,1-5H2. The van der Waals surface area contributed by atoms with Crippen molar-refractivity contribution in [3.05, 3.63) is 16.6 Å². The first-order valence-electron chi connectivity index (χ1n) is 5.12. The van der Waals surface area contributed by atoms with Crippen LogP contribution in [0.15, 0.2) is 10.9 Å². The number of hydrogen-bond donors (Lipinski definition) is 1. The molecule has 2 bridgehead atoms. The molecule has 0 amide bonds. The molecule has 2 saturated heterocycles. The molecule has 1 N–H and O–H groups in total. The van der Waals surface area contributed by atoms with Crippen LogP contribution in [0.4, 0.5) is 0 Å². The van der Waals surface area contributed by atoms with Gasteiger partial charge in [0.1, 0.15) is 5.60 Å². The average Bonchev–Trinajstić information content (AvgIpc) is 2.84. The van der Waals surface area contributed by atoms with Crippen LogP contribution in [0.1, 0.15) is 18.5 Å². The van der Waals surface area contributed by atoms with E-state index >= 15 is 0 Å². The van der Waals surface area contributed by atoms with Crippen LogP contribution in [0.3, 0.4) is 0 Å². The number of fused-ring (bicyclic) bond motifs is 2. The predicted octanol–water partition coefficient (Wildman–Crippen LogP) is 1.06. The Kier molecular flexibility index (Phi) is 1.90. The molecule has 2 aliphatic heterocycles. The molecule has 0 aromatic carbocycles. The maximum absolute atomic E-state index is 10.6. The number of hydrogen-bond acceptors (Lipinski definition) is 4. The van der Waals surface area contributed by atoms with Crippen molar-refractivity contribution in [1.29, 1.82) is 0 Å². The third-order valence-corrected chi connectivity index (χ3v) is 4.22. The summed E-state index contributed by atoms with van der Waals surface area (Å²) in [4.78, 5) is 6.71. The van der Waals surface area contributed by atoms with Gasteiger partial charge in [-0.25, -0.2) is 4.98 Å². The molecule has 0 spiro atoms. The van der Waals surface area contributed by atoms with Gasteiger partial charge in [-0.3, -0.25) is 0 Å². The minimum atomic E-state index is -0.632. The monoisotopic (exact) mass is 210 g/mol. The van der Waals surface area contributed by atoms with E-state index in [1.165, 1.54) is 0 Å². The Hall–Kier alpha value is -0.450. The molecule has 1 aromatic heterocycles. The van der Waals surface area contributed by atoms with Crippen molar-refractivity contribution in [2.45, 2.75) is 18.4 Å². The Bertz CT molecular complexity index is 327. The van der Waals surface area contributed by atoms with Gasteiger partial charge in [-0.1, -0.05) is 0 Å². The molecule has 2 fully saturated rings. The van der Waals surface area contributed by atoms with Gasteiger partial charge in [-0.15, -0.1) is 11.3 Å². The highest BCUT2D eigenvalue weighted by Crippen LogP contribution is 2.42. The van der Waals surface area contributed by atoms with Crippen LogP contribution in [-0.4, -0.2) is 34.6 Å². The Morgan fingerprint density at radius 3 is 3.29 bits per heavy atom. The van der Waals surface area contributed by atoms with Crippen LogP contribution in [0.25, 0.3) is 0 Å². The van der Waals surface area contributed by atoms with E-state index in [-0.39, 0.29) is 0 Å². The number of piperidine rings is 1. The lowest BCUT2D eigenvalue weighted by molar-refractivity contribution is -0.0532. The Labute approximate surface area is 87.4 Å². The molecule has 3 heterocycles. The van der Waals surface area contributed by atoms with E-state index in [1.54, 1.807) is 11.3 Å². The highest BCUT2D eigenvalue weighted by Gasteiger charge is 2.46. The first-order valence-corrected chi connectivity index (χ1v) is 6.07. The lowest BCUT2D eigenvalue weighted by Crippen LogP contribution is -2.44. The zero-order valence-electron chi connectivity index (χ0n) is 8.02. The van der Waals surface area contributed by atoms with Gasteiger partial charge in [-0.05, 0) is 19.4 Å². The molecule has 14 heavy (non-hydrogen) atoms. The van der Waals surface area contributed by atoms with Crippen molar-refractivity contribution in [2.24, 2.45) is 5.92 Å². The number of nitrogens with zero attached hydrogens (tertiary/aromatic N) is 2. The van der Waals surface area contributed by atoms with Gasteiger partial charge in [-0.2, -0.15) is 0 Å². The third kappa shape index (κ3) is 1.14. The summed E-state index contributed by atoms with van der Waals surface area (Å²) >= 11 is 1.57. The SMILES string of the molecule is OC1(c2cscn2)CCN2CCC1C2. The van der Waals surface area contributed by atoms with Crippen LogP contribution in [-0.2, 0) is 5.60 Å². The van der Waals surface area contributed by atoms with E-state index in [4.69, 9.17) is 0 Å². The van der Waals surface area contributed by atoms with E-state index in [1.807, 2.05) is 10.9 Å². The fourth-order valence-electron chi connectivity index (χ4n) is 2.72. The summed E-state index contributed by atoms with van der Waals surface area (Å²) in [5.41, 5.74) is 2.08. The summed E-state index contributed by atoms with van der Waals surface area (Å²) in [5.74, 6) is 0.401. The van der Waals surface area contributed by atoms with Gasteiger partial charge >= 0.3 is 0 Å². The highest BCUT2D eigenvalue weighted by atomic mass is 32.1. The molecule has 3 nitrogen and oxygen atoms in total. The van der Waals surface area contributed by atoms with E-state index in [9.17, 15) is 5.11 Å². The first kappa shape index (κ1) is 8.83. The van der Waals surface area contributed by atoms with Crippen LogP contribution >= 0.6 is 11.3 Å². The van der Waals surface area contributed by atoms with Gasteiger partial charge in [0.25, 0.3) is 0 Å². The summed E-state index contributed by atoms with van der Waals surface area (Å²) in [6, 6.07) is 0. The molecule has 2 aliphatic rings. The molecular formula is C10H14N2OS. The van der Waals surface area contributed by atoms with Crippen molar-refractivity contribution < 1.29 is 5.11 Å². The van der Waals surface area contributed by atoms with E-state index in [0.29, 0.717) is 5.92 Å². The van der Waals surface area contributed by atoms with E-state index in [0.717, 1.165) is 38.2 Å². The molecule has 0 radical (unpaired) electrons. The molecule has 0 aliphatic carbocycles. The van der Waals surface area contributed by atoms with Crippen LogP contribution in [0.5, 0.6) is 0 Å². The number of rotatable bonds is 1. The largest absolute Gasteiger partial charge is 0.383 e. The minimum Gasteiger partial charge on any atom is -0.383 e. The minimum absolute atomic E-state index is 0.401. The highest BCUT2D eigenvalue weighted by molar-refractivity contribution is 7.07. The zero-order chi connectivity index (χ0) is 9.60. The Balaban J connectivity index is 1.95. The van der Waals surface area contributed by atoms with Gasteiger partial charge < -0.3 is 10.0 Å². The summed E-state index contributed by atoms with van der Waals surface area (Å²) in [7, 11) is 0. The second kappa shape index (κ2) is 3.02. The summed E-state index contributed by atoms with van der Waals surface area (Å²) < 4.78 is 0. The first-order chi connectivity index (χ1) is 6.79. The zero-order valence-corrected chi connectivity index (χ0v) is 8.83. The number of aliphatic hydroxyl groups is 1. The van der Waals surface area contributed by atoms with Crippen LogP contribution in [0.2, 0.25) is 0 Å². The fourth-order valence-corrected chi connectivity index (χ4v) is 3.35. The van der Waals surface area contributed by atoms with Crippen molar-refractivity contribution in [1.82, 2.24) is 9.88 Å². The summed E-state index contributed by atoms with van der Waals surface area (Å²) in [5, 5.41) is 12.6. The maximum Gasteiger partial charge on any atom is 0.113 e. The molecule has 76 valence electrons. The van der Waals surface area contributed by atoms with Crippen molar-refractivity contribution in [3.63, 3.8) is 0 Å². The van der Waals surface area contributed by atoms with Crippen molar-refractivity contribution in [2.75, 3.05) is 19.6 Å². The summed E-state index contributed by atoms with van der Waals surface area (Å²) in [6.45, 7) is 3.22. The molecule has 3 atom stereocenters. The third-order valence-electron chi connectivity index (χ3n) is 3.63. The molecular weight excluding hydrogens is 196 g/mol. The number of aromatic nitrogens is 1. The van der Waals surface area contributed by atoms with Crippen molar-refractivity contribution in [3.8, 4) is 0 Å². The van der Waals surface area contributed by atoms with Crippen molar-refractivity contribution >= 4 is 11.3 Å². The Morgan fingerprint density at radius 2 is 2.50 bits per heavy atom. The second-order valence-electron chi connectivity index (χ2n) is 4.33. The molecule has 0 saturated carbocycles. The molecule has 1 aromatic rings. The number of thiazole rings is 1. The summed E-state index contributed by atoms with van der Waals surface area (Å²) in [6.07, 6.45) is 1.97. The smallest absolute Gasteiger partial charge is 0.113 e. The predicted molar refractivity (Wildman–Crippen MR) is 55.2 cm³/mol. The van der Waals surface area contributed by atoms with Gasteiger partial charge in [0.15, 0.2) is 0 Å². The topological polar surface area (TPSA) is 36.4 Å². The molecule has 3 rings (SSSR count). The van der Waals surface area contributed by atoms with E-state index in [2.05, 4.69) is 9.88 Å². The normalized spacial score (nSPS) is 41.5. The average molecular weight is 210 g/mol. The maximum atomic E-state index is 10.6. The fraction of sp³-hybridized carbons (Fsp3) is 0.700. The Morgan fingerprint density at radius 1 is 1.57 bits per heavy atom. The van der Waals surface area contributed by atoms with E-state index < -0.39 is 5.60 Å². The van der Waals surface area contributed by atoms with Gasteiger partial charge in [0, 0.05) is 24.4 Å².